The quantitative estimate of drug-likeness (QED) is 0.600. The van der Waals surface area contributed by atoms with Gasteiger partial charge in [0, 0.05) is 23.6 Å². The van der Waals surface area contributed by atoms with Gasteiger partial charge < -0.3 is 15.2 Å². The number of nitrogens with one attached hydrogen (secondary N) is 3. The minimum Gasteiger partial charge on any atom is -0.482 e. The highest BCUT2D eigenvalue weighted by Crippen LogP contribution is 2.47. The Labute approximate surface area is 170 Å². The number of rotatable bonds is 4. The van der Waals surface area contributed by atoms with Gasteiger partial charge in [-0.15, -0.1) is 0 Å². The number of H-pyrrole nitrogens is 2. The minimum absolute atomic E-state index is 0.0544. The van der Waals surface area contributed by atoms with Gasteiger partial charge in [-0.1, -0.05) is 26.0 Å². The molecule has 9 nitrogen and oxygen atoms in total. The number of aromatic amines is 2. The molecule has 156 valence electrons. The zero-order chi connectivity index (χ0) is 21.6. The van der Waals surface area contributed by atoms with E-state index in [1.165, 1.54) is 0 Å². The van der Waals surface area contributed by atoms with E-state index in [1.807, 2.05) is 13.8 Å². The molecule has 4 N–H and O–H groups in total. The third-order valence-electron chi connectivity index (χ3n) is 5.33. The number of anilines is 1. The van der Waals surface area contributed by atoms with E-state index in [2.05, 4.69) is 15.3 Å². The van der Waals surface area contributed by atoms with Gasteiger partial charge in [0.05, 0.1) is 5.56 Å². The number of carboxylic acid groups (broad SMARTS) is 1. The summed E-state index contributed by atoms with van der Waals surface area (Å²) in [5, 5.41) is 11.9. The number of Topliss-reactive ketones (excluding diaryl/α,β-unsaturated/α-hetero) is 1. The van der Waals surface area contributed by atoms with Crippen molar-refractivity contribution in [2.45, 2.75) is 32.6 Å². The normalized spacial score (nSPS) is 19.5. The van der Waals surface area contributed by atoms with Crippen molar-refractivity contribution < 1.29 is 19.4 Å². The van der Waals surface area contributed by atoms with E-state index in [4.69, 9.17) is 9.84 Å². The lowest BCUT2D eigenvalue weighted by molar-refractivity contribution is -0.139. The molecule has 4 rings (SSSR count). The van der Waals surface area contributed by atoms with Gasteiger partial charge in [-0.25, -0.2) is 9.59 Å². The van der Waals surface area contributed by atoms with Crippen LogP contribution in [-0.4, -0.2) is 33.4 Å². The van der Waals surface area contributed by atoms with Crippen LogP contribution in [0.15, 0.2) is 45.1 Å². The van der Waals surface area contributed by atoms with E-state index in [1.54, 1.807) is 24.3 Å². The van der Waals surface area contributed by atoms with Gasteiger partial charge in [0.25, 0.3) is 5.56 Å². The largest absolute Gasteiger partial charge is 0.482 e. The van der Waals surface area contributed by atoms with Crippen molar-refractivity contribution in [3.05, 3.63) is 67.5 Å². The lowest BCUT2D eigenvalue weighted by Crippen LogP contribution is -2.38. The number of aromatic nitrogens is 2. The molecule has 0 saturated heterocycles. The Morgan fingerprint density at radius 2 is 1.83 bits per heavy atom. The summed E-state index contributed by atoms with van der Waals surface area (Å²) in [6, 6.07) is 6.58. The van der Waals surface area contributed by atoms with Crippen LogP contribution in [0.2, 0.25) is 0 Å². The summed E-state index contributed by atoms with van der Waals surface area (Å²) in [6.07, 6.45) is 0.944. The average Bonchev–Trinajstić information content (AvgIpc) is 2.64. The second-order valence-electron chi connectivity index (χ2n) is 8.34. The Hall–Kier alpha value is -3.62. The Bertz CT molecular complexity index is 1190. The monoisotopic (exact) mass is 411 g/mol. The third-order valence-corrected chi connectivity index (χ3v) is 5.33. The van der Waals surface area contributed by atoms with Gasteiger partial charge in [-0.3, -0.25) is 19.6 Å². The molecular weight excluding hydrogens is 390 g/mol. The first kappa shape index (κ1) is 19.7. The summed E-state index contributed by atoms with van der Waals surface area (Å²) >= 11 is 0. The maximum atomic E-state index is 13.1. The highest BCUT2D eigenvalue weighted by molar-refractivity contribution is 6.01. The molecule has 2 heterocycles. The van der Waals surface area contributed by atoms with Crippen molar-refractivity contribution in [2.75, 3.05) is 11.9 Å². The van der Waals surface area contributed by atoms with Crippen molar-refractivity contribution in [2.24, 2.45) is 5.41 Å². The number of fused-ring (bicyclic) bond motifs is 1. The van der Waals surface area contributed by atoms with E-state index < -0.39 is 29.7 Å². The lowest BCUT2D eigenvalue weighted by Gasteiger charge is -2.38. The standard InChI is InChI=1S/C21H21N3O6/c1-21(2)7-12-16(13(25)8-21)15(17-18(22-12)23-20(29)24-19(17)28)10-3-5-11(6-4-10)30-9-14(26)27/h3-6,15H,7-9H2,1-2H3,(H,26,27)(H3,22,23,24,28,29)/t15-/m1/s1. The summed E-state index contributed by atoms with van der Waals surface area (Å²) < 4.78 is 5.17. The van der Waals surface area contributed by atoms with E-state index in [9.17, 15) is 19.2 Å². The summed E-state index contributed by atoms with van der Waals surface area (Å²) in [7, 11) is 0. The Morgan fingerprint density at radius 3 is 2.50 bits per heavy atom. The summed E-state index contributed by atoms with van der Waals surface area (Å²) in [5.74, 6) is -1.16. The van der Waals surface area contributed by atoms with Crippen molar-refractivity contribution in [1.29, 1.82) is 0 Å². The minimum atomic E-state index is -1.09. The molecule has 1 aliphatic carbocycles. The number of hydrogen-bond donors (Lipinski definition) is 4. The lowest BCUT2D eigenvalue weighted by atomic mass is 9.69. The fourth-order valence-corrected chi connectivity index (χ4v) is 4.18. The van der Waals surface area contributed by atoms with Crippen LogP contribution in [0.1, 0.15) is 43.7 Å². The molecule has 1 aromatic heterocycles. The van der Waals surface area contributed by atoms with E-state index in [0.717, 1.165) is 0 Å². The van der Waals surface area contributed by atoms with E-state index in [0.29, 0.717) is 35.4 Å². The van der Waals surface area contributed by atoms with Crippen LogP contribution in [0, 0.1) is 5.41 Å². The van der Waals surface area contributed by atoms with Gasteiger partial charge in [0.15, 0.2) is 12.4 Å². The molecule has 1 aliphatic heterocycles. The first-order valence-corrected chi connectivity index (χ1v) is 9.49. The van der Waals surface area contributed by atoms with E-state index in [-0.39, 0.29) is 22.6 Å². The van der Waals surface area contributed by atoms with Crippen LogP contribution in [0.5, 0.6) is 5.75 Å². The smallest absolute Gasteiger partial charge is 0.341 e. The maximum Gasteiger partial charge on any atom is 0.341 e. The number of benzene rings is 1. The van der Waals surface area contributed by atoms with Crippen molar-refractivity contribution in [1.82, 2.24) is 9.97 Å². The average molecular weight is 411 g/mol. The highest BCUT2D eigenvalue weighted by atomic mass is 16.5. The fraction of sp³-hybridized carbons (Fsp3) is 0.333. The van der Waals surface area contributed by atoms with Crippen molar-refractivity contribution >= 4 is 17.6 Å². The molecule has 0 radical (unpaired) electrons. The zero-order valence-electron chi connectivity index (χ0n) is 16.5. The van der Waals surface area contributed by atoms with Gasteiger partial charge >= 0.3 is 11.7 Å². The number of allylic oxidation sites excluding steroid dienone is 2. The van der Waals surface area contributed by atoms with Crippen LogP contribution in [0.3, 0.4) is 0 Å². The third kappa shape index (κ3) is 3.54. The molecule has 1 atom stereocenters. The molecule has 0 bridgehead atoms. The molecule has 9 heteroatoms. The molecule has 0 spiro atoms. The van der Waals surface area contributed by atoms with Gasteiger partial charge in [-0.2, -0.15) is 0 Å². The zero-order valence-corrected chi connectivity index (χ0v) is 16.5. The summed E-state index contributed by atoms with van der Waals surface area (Å²) in [4.78, 5) is 53.2. The van der Waals surface area contributed by atoms with Crippen LogP contribution >= 0.6 is 0 Å². The second-order valence-corrected chi connectivity index (χ2v) is 8.34. The molecule has 0 amide bonds. The highest BCUT2D eigenvalue weighted by Gasteiger charge is 2.42. The fourth-order valence-electron chi connectivity index (χ4n) is 4.18. The molecular formula is C21H21N3O6. The first-order chi connectivity index (χ1) is 14.1. The number of hydrogen-bond acceptors (Lipinski definition) is 6. The van der Waals surface area contributed by atoms with Crippen molar-refractivity contribution in [3.63, 3.8) is 0 Å². The number of carbonyl (C=O) groups excluding carboxylic acids is 1. The van der Waals surface area contributed by atoms with E-state index >= 15 is 0 Å². The summed E-state index contributed by atoms with van der Waals surface area (Å²) in [5.41, 5.74) is 0.689. The Balaban J connectivity index is 1.84. The second kappa shape index (κ2) is 7.01. The van der Waals surface area contributed by atoms with Crippen molar-refractivity contribution in [3.8, 4) is 5.75 Å². The molecule has 0 unspecified atom stereocenters. The van der Waals surface area contributed by atoms with Gasteiger partial charge in [0.2, 0.25) is 0 Å². The molecule has 30 heavy (non-hydrogen) atoms. The number of ketones is 1. The van der Waals surface area contributed by atoms with Gasteiger partial charge in [0.1, 0.15) is 11.6 Å². The van der Waals surface area contributed by atoms with Crippen LogP contribution in [-0.2, 0) is 9.59 Å². The number of aliphatic carboxylic acids is 1. The molecule has 2 aliphatic rings. The van der Waals surface area contributed by atoms with Crippen LogP contribution < -0.4 is 21.3 Å². The molecule has 0 saturated carbocycles. The Morgan fingerprint density at radius 1 is 1.13 bits per heavy atom. The summed E-state index contributed by atoms with van der Waals surface area (Å²) in [6.45, 7) is 3.52. The first-order valence-electron chi connectivity index (χ1n) is 9.49. The predicted octanol–water partition coefficient (Wildman–Crippen LogP) is 1.73. The molecule has 1 aromatic carbocycles. The number of ether oxygens (including phenoxy) is 1. The Kier molecular flexibility index (Phi) is 4.60. The van der Waals surface area contributed by atoms with Crippen LogP contribution in [0.25, 0.3) is 0 Å². The number of carbonyl (C=O) groups is 2. The molecule has 2 aromatic rings. The molecule has 0 fully saturated rings. The van der Waals surface area contributed by atoms with Gasteiger partial charge in [-0.05, 0) is 29.5 Å². The SMILES string of the molecule is CC1(C)CC(=O)C2=C(C1)Nc1[nH]c(=O)[nH]c(=O)c1[C@@H]2c1ccc(OCC(=O)O)cc1. The van der Waals surface area contributed by atoms with Crippen LogP contribution in [0.4, 0.5) is 5.82 Å². The maximum absolute atomic E-state index is 13.1. The predicted molar refractivity (Wildman–Crippen MR) is 108 cm³/mol. The number of carboxylic acids is 1. The topological polar surface area (TPSA) is 141 Å².